The fourth-order valence-electron chi connectivity index (χ4n) is 2.46. The predicted molar refractivity (Wildman–Crippen MR) is 95.6 cm³/mol. The molecule has 0 spiro atoms. The third-order valence-electron chi connectivity index (χ3n) is 3.92. The number of carbonyl (C=O) groups is 2. The Labute approximate surface area is 156 Å². The molecule has 1 aliphatic heterocycles. The van der Waals surface area contributed by atoms with Crippen LogP contribution >= 0.6 is 23.2 Å². The summed E-state index contributed by atoms with van der Waals surface area (Å²) >= 11 is 12.0. The summed E-state index contributed by atoms with van der Waals surface area (Å²) < 4.78 is 10.5. The van der Waals surface area contributed by atoms with Gasteiger partial charge in [0.25, 0.3) is 0 Å². The van der Waals surface area contributed by atoms with E-state index in [1.165, 1.54) is 4.90 Å². The molecule has 2 amide bonds. The van der Waals surface area contributed by atoms with Gasteiger partial charge in [-0.1, -0.05) is 29.3 Å². The molecule has 8 heteroatoms. The maximum Gasteiger partial charge on any atom is 0.338 e. The Kier molecular flexibility index (Phi) is 6.70. The topological polar surface area (TPSA) is 67.9 Å². The first kappa shape index (κ1) is 19.6. The van der Waals surface area contributed by atoms with E-state index in [0.717, 1.165) is 0 Å². The highest BCUT2D eigenvalue weighted by atomic mass is 35.5. The Morgan fingerprint density at radius 2 is 2.00 bits per heavy atom. The third kappa shape index (κ3) is 4.45. The van der Waals surface area contributed by atoms with Crippen molar-refractivity contribution in [2.24, 2.45) is 0 Å². The number of carbonyl (C=O) groups excluding carboxylic acids is 2. The van der Waals surface area contributed by atoms with Gasteiger partial charge >= 0.3 is 12.0 Å². The molecule has 0 radical (unpaired) electrons. The molecule has 0 saturated carbocycles. The van der Waals surface area contributed by atoms with Gasteiger partial charge in [-0.15, -0.1) is 0 Å². The van der Waals surface area contributed by atoms with E-state index in [4.69, 9.17) is 32.7 Å². The van der Waals surface area contributed by atoms with Crippen LogP contribution in [-0.2, 0) is 14.3 Å². The highest BCUT2D eigenvalue weighted by molar-refractivity contribution is 6.42. The molecule has 1 aliphatic rings. The molecule has 136 valence electrons. The largest absolute Gasteiger partial charge is 0.460 e. The summed E-state index contributed by atoms with van der Waals surface area (Å²) in [5, 5.41) is 3.52. The van der Waals surface area contributed by atoms with Gasteiger partial charge in [-0.3, -0.25) is 0 Å². The van der Waals surface area contributed by atoms with E-state index in [2.05, 4.69) is 5.32 Å². The minimum absolute atomic E-state index is 0.134. The van der Waals surface area contributed by atoms with E-state index in [1.807, 2.05) is 6.92 Å². The zero-order valence-corrected chi connectivity index (χ0v) is 15.8. The third-order valence-corrected chi connectivity index (χ3v) is 4.65. The molecule has 0 bridgehead atoms. The standard InChI is InChI=1S/C17H20Cl2N2O4/c1-4-24-7-8-25-16(22)14-10(2)21(3)17(23)20-15(14)11-5-6-12(18)13(19)9-11/h5-6,9,15H,4,7-8H2,1-3H3,(H,20,23). The first-order chi connectivity index (χ1) is 11.9. The minimum Gasteiger partial charge on any atom is -0.460 e. The number of halogens is 2. The summed E-state index contributed by atoms with van der Waals surface area (Å²) in [6.45, 7) is 4.55. The van der Waals surface area contributed by atoms with Crippen molar-refractivity contribution in [3.63, 3.8) is 0 Å². The number of urea groups is 1. The van der Waals surface area contributed by atoms with Crippen LogP contribution in [0.15, 0.2) is 29.5 Å². The molecular weight excluding hydrogens is 367 g/mol. The predicted octanol–water partition coefficient (Wildman–Crippen LogP) is 3.54. The Morgan fingerprint density at radius 3 is 2.64 bits per heavy atom. The van der Waals surface area contributed by atoms with Gasteiger partial charge in [0, 0.05) is 19.4 Å². The van der Waals surface area contributed by atoms with Crippen molar-refractivity contribution >= 4 is 35.2 Å². The van der Waals surface area contributed by atoms with Crippen LogP contribution in [-0.4, -0.2) is 43.8 Å². The quantitative estimate of drug-likeness (QED) is 0.599. The summed E-state index contributed by atoms with van der Waals surface area (Å²) in [7, 11) is 1.59. The smallest absolute Gasteiger partial charge is 0.338 e. The van der Waals surface area contributed by atoms with E-state index in [-0.39, 0.29) is 12.6 Å². The number of hydrogen-bond donors (Lipinski definition) is 1. The first-order valence-electron chi connectivity index (χ1n) is 7.81. The van der Waals surface area contributed by atoms with Crippen molar-refractivity contribution in [2.45, 2.75) is 19.9 Å². The Hall–Kier alpha value is -1.76. The zero-order chi connectivity index (χ0) is 18.6. The summed E-state index contributed by atoms with van der Waals surface area (Å²) in [6.07, 6.45) is 0. The van der Waals surface area contributed by atoms with Crippen molar-refractivity contribution in [2.75, 3.05) is 26.9 Å². The average molecular weight is 387 g/mol. The number of benzene rings is 1. The SMILES string of the molecule is CCOCCOC(=O)C1=C(C)N(C)C(=O)NC1c1ccc(Cl)c(Cl)c1. The van der Waals surface area contributed by atoms with Crippen LogP contribution < -0.4 is 5.32 Å². The number of nitrogens with zero attached hydrogens (tertiary/aromatic N) is 1. The van der Waals surface area contributed by atoms with Crippen LogP contribution in [0.2, 0.25) is 10.0 Å². The molecule has 1 unspecified atom stereocenters. The second-order valence-electron chi connectivity index (χ2n) is 5.45. The lowest BCUT2D eigenvalue weighted by Crippen LogP contribution is -2.46. The molecule has 1 aromatic carbocycles. The fraction of sp³-hybridized carbons (Fsp3) is 0.412. The van der Waals surface area contributed by atoms with Gasteiger partial charge in [0.2, 0.25) is 0 Å². The van der Waals surface area contributed by atoms with Gasteiger partial charge in [-0.2, -0.15) is 0 Å². The van der Waals surface area contributed by atoms with Crippen molar-refractivity contribution in [3.8, 4) is 0 Å². The molecule has 1 N–H and O–H groups in total. The maximum atomic E-state index is 12.6. The molecule has 2 rings (SSSR count). The van der Waals surface area contributed by atoms with E-state index in [1.54, 1.807) is 32.2 Å². The van der Waals surface area contributed by atoms with Gasteiger partial charge < -0.3 is 19.7 Å². The van der Waals surface area contributed by atoms with Crippen molar-refractivity contribution in [1.82, 2.24) is 10.2 Å². The number of hydrogen-bond acceptors (Lipinski definition) is 4. The highest BCUT2D eigenvalue weighted by Crippen LogP contribution is 2.33. The number of ether oxygens (including phenoxy) is 2. The van der Waals surface area contributed by atoms with Gasteiger partial charge in [0.1, 0.15) is 6.61 Å². The second kappa shape index (κ2) is 8.56. The van der Waals surface area contributed by atoms with Gasteiger partial charge in [-0.05, 0) is 31.5 Å². The Balaban J connectivity index is 2.33. The van der Waals surface area contributed by atoms with Gasteiger partial charge in [-0.25, -0.2) is 9.59 Å². The monoisotopic (exact) mass is 386 g/mol. The molecule has 1 atom stereocenters. The van der Waals surface area contributed by atoms with Crippen molar-refractivity contribution in [3.05, 3.63) is 45.1 Å². The number of nitrogens with one attached hydrogen (secondary N) is 1. The summed E-state index contributed by atoms with van der Waals surface area (Å²) in [5.41, 5.74) is 1.50. The van der Waals surface area contributed by atoms with Crippen LogP contribution in [0.1, 0.15) is 25.5 Å². The highest BCUT2D eigenvalue weighted by Gasteiger charge is 2.35. The molecule has 1 heterocycles. The molecule has 6 nitrogen and oxygen atoms in total. The van der Waals surface area contributed by atoms with Crippen LogP contribution in [0.3, 0.4) is 0 Å². The molecule has 0 saturated heterocycles. The van der Waals surface area contributed by atoms with E-state index >= 15 is 0 Å². The van der Waals surface area contributed by atoms with Crippen LogP contribution in [0.5, 0.6) is 0 Å². The number of allylic oxidation sites excluding steroid dienone is 1. The maximum absolute atomic E-state index is 12.6. The molecule has 25 heavy (non-hydrogen) atoms. The van der Waals surface area contributed by atoms with Crippen LogP contribution in [0.4, 0.5) is 4.79 Å². The van der Waals surface area contributed by atoms with Crippen molar-refractivity contribution < 1.29 is 19.1 Å². The number of rotatable bonds is 6. The van der Waals surface area contributed by atoms with E-state index < -0.39 is 12.0 Å². The first-order valence-corrected chi connectivity index (χ1v) is 8.57. The second-order valence-corrected chi connectivity index (χ2v) is 6.26. The number of esters is 1. The van der Waals surface area contributed by atoms with E-state index in [0.29, 0.717) is 40.1 Å². The summed E-state index contributed by atoms with van der Waals surface area (Å²) in [6, 6.07) is 3.97. The van der Waals surface area contributed by atoms with Crippen LogP contribution in [0.25, 0.3) is 0 Å². The zero-order valence-electron chi connectivity index (χ0n) is 14.3. The number of amides is 2. The fourth-order valence-corrected chi connectivity index (χ4v) is 2.76. The molecule has 0 aromatic heterocycles. The molecule has 1 aromatic rings. The summed E-state index contributed by atoms with van der Waals surface area (Å²) in [4.78, 5) is 26.1. The lowest BCUT2D eigenvalue weighted by atomic mass is 9.95. The summed E-state index contributed by atoms with van der Waals surface area (Å²) in [5.74, 6) is -0.514. The molecule has 0 fully saturated rings. The molecule has 0 aliphatic carbocycles. The van der Waals surface area contributed by atoms with Gasteiger partial charge in [0.15, 0.2) is 0 Å². The minimum atomic E-state index is -0.668. The van der Waals surface area contributed by atoms with Gasteiger partial charge in [0.05, 0.1) is 28.3 Å². The Morgan fingerprint density at radius 1 is 1.28 bits per heavy atom. The lowest BCUT2D eigenvalue weighted by Gasteiger charge is -2.33. The van der Waals surface area contributed by atoms with Crippen molar-refractivity contribution in [1.29, 1.82) is 0 Å². The normalized spacial score (nSPS) is 17.6. The van der Waals surface area contributed by atoms with Crippen LogP contribution in [0, 0.1) is 0 Å². The van der Waals surface area contributed by atoms with E-state index in [9.17, 15) is 9.59 Å². The average Bonchev–Trinajstić information content (AvgIpc) is 2.58. The Bertz CT molecular complexity index is 706. The lowest BCUT2D eigenvalue weighted by molar-refractivity contribution is -0.141. The molecular formula is C17H20Cl2N2O4.